The van der Waals surface area contributed by atoms with Crippen molar-refractivity contribution in [3.8, 4) is 11.5 Å². The van der Waals surface area contributed by atoms with Crippen LogP contribution >= 0.6 is 0 Å². The van der Waals surface area contributed by atoms with Crippen molar-refractivity contribution in [2.24, 2.45) is 0 Å². The minimum atomic E-state index is -0.799. The number of rotatable bonds is 3. The maximum atomic E-state index is 13.4. The molecule has 4 amide bonds. The number of hydrogen-bond donors (Lipinski definition) is 1. The van der Waals surface area contributed by atoms with Crippen molar-refractivity contribution >= 4 is 35.3 Å². The Balaban J connectivity index is 1.55. The van der Waals surface area contributed by atoms with Gasteiger partial charge in [0.25, 0.3) is 11.8 Å². The summed E-state index contributed by atoms with van der Waals surface area (Å²) < 4.78 is 10.7. The fourth-order valence-electron chi connectivity index (χ4n) is 5.48. The Hall–Kier alpha value is -3.81. The van der Waals surface area contributed by atoms with Crippen molar-refractivity contribution < 1.29 is 23.9 Å². The third-order valence-electron chi connectivity index (χ3n) is 7.11. The van der Waals surface area contributed by atoms with Crippen molar-refractivity contribution in [3.05, 3.63) is 52.6 Å². The van der Waals surface area contributed by atoms with Gasteiger partial charge < -0.3 is 14.4 Å². The Morgan fingerprint density at radius 2 is 1.86 bits per heavy atom. The van der Waals surface area contributed by atoms with Crippen LogP contribution in [0.5, 0.6) is 11.5 Å². The summed E-state index contributed by atoms with van der Waals surface area (Å²) in [4.78, 5) is 42.1. The largest absolute Gasteiger partial charge is 0.454 e. The van der Waals surface area contributed by atoms with E-state index in [4.69, 9.17) is 9.47 Å². The number of aryl methyl sites for hydroxylation is 1. The summed E-state index contributed by atoms with van der Waals surface area (Å²) in [5.41, 5.74) is 4.35. The van der Waals surface area contributed by atoms with Crippen LogP contribution in [0.4, 0.5) is 16.2 Å². The average Bonchev–Trinajstić information content (AvgIpc) is 3.25. The summed E-state index contributed by atoms with van der Waals surface area (Å²) >= 11 is 0. The molecule has 0 spiro atoms. The minimum absolute atomic E-state index is 0.0400. The van der Waals surface area contributed by atoms with E-state index in [1.165, 1.54) is 11.3 Å². The van der Waals surface area contributed by atoms with Crippen molar-refractivity contribution in [2.75, 3.05) is 23.1 Å². The van der Waals surface area contributed by atoms with Gasteiger partial charge in [0.15, 0.2) is 11.5 Å². The minimum Gasteiger partial charge on any atom is -0.454 e. The molecule has 0 radical (unpaired) electrons. The molecule has 3 aliphatic heterocycles. The maximum Gasteiger partial charge on any atom is 0.335 e. The van der Waals surface area contributed by atoms with Crippen molar-refractivity contribution in [1.29, 1.82) is 0 Å². The molecule has 2 aromatic carbocycles. The molecule has 2 aromatic rings. The number of nitrogens with one attached hydrogen (secondary N) is 1. The Morgan fingerprint density at radius 3 is 2.60 bits per heavy atom. The zero-order chi connectivity index (χ0) is 25.1. The van der Waals surface area contributed by atoms with Gasteiger partial charge in [-0.05, 0) is 87.1 Å². The number of carbonyl (C=O) groups is 3. The highest BCUT2D eigenvalue weighted by Crippen LogP contribution is 2.44. The SMILES string of the molecule is CCN1c2cc(C)c(/C=C3\C(=O)NC(=O)N(c4ccc5c(c4)OCO5)C3=O)cc2C(C)CC1(C)C. The Bertz CT molecular complexity index is 1300. The fourth-order valence-corrected chi connectivity index (χ4v) is 5.48. The van der Waals surface area contributed by atoms with Gasteiger partial charge in [-0.1, -0.05) is 6.92 Å². The van der Waals surface area contributed by atoms with Gasteiger partial charge in [-0.2, -0.15) is 0 Å². The summed E-state index contributed by atoms with van der Waals surface area (Å²) in [5, 5.41) is 2.29. The van der Waals surface area contributed by atoms with Gasteiger partial charge in [0.05, 0.1) is 5.69 Å². The molecule has 5 rings (SSSR count). The van der Waals surface area contributed by atoms with E-state index in [0.717, 1.165) is 29.0 Å². The molecular weight excluding hydrogens is 446 g/mol. The Kier molecular flexibility index (Phi) is 5.34. The Labute approximate surface area is 204 Å². The van der Waals surface area contributed by atoms with Gasteiger partial charge in [0, 0.05) is 23.8 Å². The van der Waals surface area contributed by atoms with Gasteiger partial charge >= 0.3 is 6.03 Å². The summed E-state index contributed by atoms with van der Waals surface area (Å²) in [6, 6.07) is 8.18. The predicted molar refractivity (Wildman–Crippen MR) is 133 cm³/mol. The lowest BCUT2D eigenvalue weighted by molar-refractivity contribution is -0.122. The van der Waals surface area contributed by atoms with Crippen LogP contribution in [-0.4, -0.2) is 36.7 Å². The molecule has 0 aromatic heterocycles. The first-order valence-electron chi connectivity index (χ1n) is 11.8. The van der Waals surface area contributed by atoms with Crippen LogP contribution < -0.4 is 24.6 Å². The number of anilines is 2. The predicted octanol–water partition coefficient (Wildman–Crippen LogP) is 4.50. The van der Waals surface area contributed by atoms with E-state index < -0.39 is 17.8 Å². The average molecular weight is 476 g/mol. The fraction of sp³-hybridized carbons (Fsp3) is 0.370. The molecule has 0 bridgehead atoms. The number of nitrogens with zero attached hydrogens (tertiary/aromatic N) is 2. The summed E-state index contributed by atoms with van der Waals surface area (Å²) in [6.45, 7) is 11.8. The van der Waals surface area contributed by atoms with E-state index in [9.17, 15) is 14.4 Å². The smallest absolute Gasteiger partial charge is 0.335 e. The number of carbonyl (C=O) groups excluding carboxylic acids is 3. The highest BCUT2D eigenvalue weighted by molar-refractivity contribution is 6.39. The maximum absolute atomic E-state index is 13.4. The van der Waals surface area contributed by atoms with E-state index in [-0.39, 0.29) is 17.9 Å². The lowest BCUT2D eigenvalue weighted by Gasteiger charge is -2.47. The number of amides is 4. The molecule has 35 heavy (non-hydrogen) atoms. The van der Waals surface area contributed by atoms with E-state index >= 15 is 0 Å². The van der Waals surface area contributed by atoms with Gasteiger partial charge in [-0.15, -0.1) is 0 Å². The van der Waals surface area contributed by atoms with Crippen LogP contribution in [0.25, 0.3) is 6.08 Å². The second-order valence-corrected chi connectivity index (χ2v) is 9.92. The lowest BCUT2D eigenvalue weighted by atomic mass is 9.79. The van der Waals surface area contributed by atoms with Gasteiger partial charge in [-0.3, -0.25) is 14.9 Å². The monoisotopic (exact) mass is 475 g/mol. The van der Waals surface area contributed by atoms with Crippen LogP contribution in [0.2, 0.25) is 0 Å². The van der Waals surface area contributed by atoms with Crippen molar-refractivity contribution in [2.45, 2.75) is 52.5 Å². The van der Waals surface area contributed by atoms with Crippen LogP contribution in [-0.2, 0) is 9.59 Å². The zero-order valence-electron chi connectivity index (χ0n) is 20.6. The van der Waals surface area contributed by atoms with Gasteiger partial charge in [0.1, 0.15) is 5.57 Å². The van der Waals surface area contributed by atoms with E-state index in [2.05, 4.69) is 50.0 Å². The summed E-state index contributed by atoms with van der Waals surface area (Å²) in [5.74, 6) is -0.0947. The number of imide groups is 2. The quantitative estimate of drug-likeness (QED) is 0.519. The van der Waals surface area contributed by atoms with Crippen molar-refractivity contribution in [3.63, 3.8) is 0 Å². The molecule has 8 heteroatoms. The topological polar surface area (TPSA) is 88.2 Å². The van der Waals surface area contributed by atoms with Crippen LogP contribution in [0, 0.1) is 6.92 Å². The number of urea groups is 1. The van der Waals surface area contributed by atoms with Crippen LogP contribution in [0.1, 0.15) is 56.7 Å². The molecule has 3 heterocycles. The second-order valence-electron chi connectivity index (χ2n) is 9.92. The van der Waals surface area contributed by atoms with Crippen LogP contribution in [0.15, 0.2) is 35.9 Å². The lowest BCUT2D eigenvalue weighted by Crippen LogP contribution is -2.54. The molecular formula is C27H29N3O5. The first-order valence-corrected chi connectivity index (χ1v) is 11.8. The molecule has 1 unspecified atom stereocenters. The molecule has 8 nitrogen and oxygen atoms in total. The molecule has 1 N–H and O–H groups in total. The standard InChI is InChI=1S/C27H29N3O5/c1-6-29-21-9-15(2)17(10-19(21)16(3)13-27(29,4)5)11-20-24(31)28-26(33)30(25(20)32)18-7-8-22-23(12-18)35-14-34-22/h7-12,16H,6,13-14H2,1-5H3,(H,28,31,33)/b20-11+. The molecule has 0 saturated carbocycles. The number of hydrogen-bond acceptors (Lipinski definition) is 6. The first-order chi connectivity index (χ1) is 16.6. The molecule has 3 aliphatic rings. The van der Waals surface area contributed by atoms with E-state index in [0.29, 0.717) is 23.1 Å². The summed E-state index contributed by atoms with van der Waals surface area (Å²) in [6.07, 6.45) is 2.58. The first kappa shape index (κ1) is 23.0. The Morgan fingerprint density at radius 1 is 1.11 bits per heavy atom. The third kappa shape index (κ3) is 3.73. The van der Waals surface area contributed by atoms with Crippen molar-refractivity contribution in [1.82, 2.24) is 5.32 Å². The van der Waals surface area contributed by atoms with Crippen LogP contribution in [0.3, 0.4) is 0 Å². The molecule has 1 atom stereocenters. The second kappa shape index (κ2) is 8.15. The van der Waals surface area contributed by atoms with Gasteiger partial charge in [0.2, 0.25) is 6.79 Å². The number of fused-ring (bicyclic) bond motifs is 2. The number of benzene rings is 2. The zero-order valence-corrected chi connectivity index (χ0v) is 20.6. The normalized spacial score (nSPS) is 21.9. The summed E-state index contributed by atoms with van der Waals surface area (Å²) in [7, 11) is 0. The molecule has 182 valence electrons. The molecule has 0 aliphatic carbocycles. The number of barbiturate groups is 1. The molecule has 1 saturated heterocycles. The highest BCUT2D eigenvalue weighted by Gasteiger charge is 2.39. The highest BCUT2D eigenvalue weighted by atomic mass is 16.7. The molecule has 1 fully saturated rings. The van der Waals surface area contributed by atoms with E-state index in [1.807, 2.05) is 6.92 Å². The third-order valence-corrected chi connectivity index (χ3v) is 7.11. The number of ether oxygens (including phenoxy) is 2. The van der Waals surface area contributed by atoms with Gasteiger partial charge in [-0.25, -0.2) is 9.69 Å². The van der Waals surface area contributed by atoms with E-state index in [1.54, 1.807) is 24.3 Å².